The molecular formula is C21H21ClN4O4S2. The van der Waals surface area contributed by atoms with Gasteiger partial charge in [-0.15, -0.1) is 11.3 Å². The molecule has 0 spiro atoms. The van der Waals surface area contributed by atoms with Crippen LogP contribution in [0.3, 0.4) is 0 Å². The zero-order valence-electron chi connectivity index (χ0n) is 17.2. The maximum Gasteiger partial charge on any atom is 0.273 e. The van der Waals surface area contributed by atoms with Gasteiger partial charge in [0.1, 0.15) is 11.4 Å². The molecule has 1 aliphatic rings. The number of halogens is 1. The molecule has 4 rings (SSSR count). The number of sulfonamides is 1. The molecule has 168 valence electrons. The Morgan fingerprint density at radius 2 is 1.84 bits per heavy atom. The van der Waals surface area contributed by atoms with E-state index in [1.54, 1.807) is 22.4 Å². The van der Waals surface area contributed by atoms with E-state index in [1.165, 1.54) is 19.2 Å². The Labute approximate surface area is 195 Å². The van der Waals surface area contributed by atoms with E-state index < -0.39 is 10.0 Å². The van der Waals surface area contributed by atoms with Gasteiger partial charge in [0.15, 0.2) is 5.13 Å². The van der Waals surface area contributed by atoms with Gasteiger partial charge in [-0.2, -0.15) is 0 Å². The Hall–Kier alpha value is -2.82. The molecular weight excluding hydrogens is 472 g/mol. The third-order valence-electron chi connectivity index (χ3n) is 5.05. The highest BCUT2D eigenvalue weighted by Gasteiger charge is 2.25. The molecule has 32 heavy (non-hydrogen) atoms. The number of nitrogens with one attached hydrogen (secondary N) is 1. The minimum Gasteiger partial charge on any atom is -0.497 e. The molecule has 1 amide bonds. The van der Waals surface area contributed by atoms with E-state index in [0.717, 1.165) is 17.0 Å². The molecule has 2 aromatic carbocycles. The van der Waals surface area contributed by atoms with Crippen molar-refractivity contribution in [3.63, 3.8) is 0 Å². The Morgan fingerprint density at radius 3 is 2.50 bits per heavy atom. The van der Waals surface area contributed by atoms with Crippen LogP contribution in [-0.4, -0.2) is 57.5 Å². The van der Waals surface area contributed by atoms with Crippen LogP contribution in [0, 0.1) is 0 Å². The summed E-state index contributed by atoms with van der Waals surface area (Å²) in [6, 6.07) is 13.6. The van der Waals surface area contributed by atoms with E-state index in [2.05, 4.69) is 14.6 Å². The summed E-state index contributed by atoms with van der Waals surface area (Å²) in [5.74, 6) is 0.337. The van der Waals surface area contributed by atoms with Crippen LogP contribution in [0.5, 0.6) is 5.75 Å². The summed E-state index contributed by atoms with van der Waals surface area (Å²) in [5, 5.41) is 2.38. The summed E-state index contributed by atoms with van der Waals surface area (Å²) in [7, 11) is -2.31. The lowest BCUT2D eigenvalue weighted by Gasteiger charge is -2.35. The number of methoxy groups -OCH3 is 1. The molecule has 1 aliphatic heterocycles. The van der Waals surface area contributed by atoms with Gasteiger partial charge in [0, 0.05) is 42.3 Å². The molecule has 0 bridgehead atoms. The number of carbonyl (C=O) groups excluding carboxylic acids is 1. The zero-order valence-corrected chi connectivity index (χ0v) is 19.6. The number of ether oxygens (including phenoxy) is 1. The first kappa shape index (κ1) is 22.4. The van der Waals surface area contributed by atoms with Crippen LogP contribution < -0.4 is 14.4 Å². The SMILES string of the molecule is COc1ccc(S(=O)(=O)Nc2nc(C(=O)N3CCN(c4cccc(Cl)c4)CC3)cs2)cc1. The van der Waals surface area contributed by atoms with E-state index in [0.29, 0.717) is 37.0 Å². The lowest BCUT2D eigenvalue weighted by Crippen LogP contribution is -2.48. The van der Waals surface area contributed by atoms with Crippen molar-refractivity contribution in [3.8, 4) is 5.75 Å². The Balaban J connectivity index is 1.38. The van der Waals surface area contributed by atoms with E-state index in [1.807, 2.05) is 24.3 Å². The summed E-state index contributed by atoms with van der Waals surface area (Å²) in [5.41, 5.74) is 1.24. The standard InChI is InChI=1S/C21H21ClN4O4S2/c1-30-17-5-7-18(8-6-17)32(28,29)24-21-23-19(14-31-21)20(27)26-11-9-25(10-12-26)16-4-2-3-15(22)13-16/h2-8,13-14H,9-12H2,1H3,(H,23,24). The number of aromatic nitrogens is 1. The molecule has 0 radical (unpaired) electrons. The lowest BCUT2D eigenvalue weighted by molar-refractivity contribution is 0.0742. The van der Waals surface area contributed by atoms with Crippen molar-refractivity contribution in [2.24, 2.45) is 0 Å². The number of thiazole rings is 1. The van der Waals surface area contributed by atoms with Gasteiger partial charge >= 0.3 is 0 Å². The molecule has 11 heteroatoms. The van der Waals surface area contributed by atoms with Crippen molar-refractivity contribution in [2.75, 3.05) is 42.9 Å². The van der Waals surface area contributed by atoms with Crippen molar-refractivity contribution < 1.29 is 17.9 Å². The van der Waals surface area contributed by atoms with Crippen LogP contribution in [0.25, 0.3) is 0 Å². The molecule has 1 aromatic heterocycles. The maximum absolute atomic E-state index is 12.9. The Morgan fingerprint density at radius 1 is 1.12 bits per heavy atom. The predicted molar refractivity (Wildman–Crippen MR) is 125 cm³/mol. The fourth-order valence-electron chi connectivity index (χ4n) is 3.35. The van der Waals surface area contributed by atoms with Crippen molar-refractivity contribution in [1.82, 2.24) is 9.88 Å². The summed E-state index contributed by atoms with van der Waals surface area (Å²) >= 11 is 7.14. The average molecular weight is 493 g/mol. The molecule has 0 saturated carbocycles. The summed E-state index contributed by atoms with van der Waals surface area (Å²) in [6.07, 6.45) is 0. The van der Waals surface area contributed by atoms with Gasteiger partial charge in [0.05, 0.1) is 12.0 Å². The Bertz CT molecular complexity index is 1210. The highest BCUT2D eigenvalue weighted by atomic mass is 35.5. The first-order valence-electron chi connectivity index (χ1n) is 9.78. The smallest absolute Gasteiger partial charge is 0.273 e. The number of rotatable bonds is 6. The van der Waals surface area contributed by atoms with Crippen LogP contribution >= 0.6 is 22.9 Å². The number of benzene rings is 2. The molecule has 3 aromatic rings. The predicted octanol–water partition coefficient (Wildman–Crippen LogP) is 3.57. The van der Waals surface area contributed by atoms with Gasteiger partial charge in [-0.3, -0.25) is 9.52 Å². The van der Waals surface area contributed by atoms with Crippen molar-refractivity contribution in [2.45, 2.75) is 4.90 Å². The second kappa shape index (κ2) is 9.35. The number of piperazine rings is 1. The summed E-state index contributed by atoms with van der Waals surface area (Å²) in [4.78, 5) is 21.0. The minimum absolute atomic E-state index is 0.0820. The quantitative estimate of drug-likeness (QED) is 0.565. The second-order valence-electron chi connectivity index (χ2n) is 7.08. The third kappa shape index (κ3) is 4.98. The first-order valence-corrected chi connectivity index (χ1v) is 12.5. The number of anilines is 2. The molecule has 1 saturated heterocycles. The molecule has 8 nitrogen and oxygen atoms in total. The lowest BCUT2D eigenvalue weighted by atomic mass is 10.2. The third-order valence-corrected chi connectivity index (χ3v) is 7.53. The number of hydrogen-bond acceptors (Lipinski definition) is 7. The van der Waals surface area contributed by atoms with E-state index in [-0.39, 0.29) is 21.6 Å². The number of carbonyl (C=O) groups is 1. The zero-order chi connectivity index (χ0) is 22.7. The second-order valence-corrected chi connectivity index (χ2v) is 10.1. The first-order chi connectivity index (χ1) is 15.4. The number of amides is 1. The topological polar surface area (TPSA) is 91.8 Å². The summed E-state index contributed by atoms with van der Waals surface area (Å²) < 4.78 is 32.6. The van der Waals surface area contributed by atoms with Crippen molar-refractivity contribution in [1.29, 1.82) is 0 Å². The van der Waals surface area contributed by atoms with Gasteiger partial charge in [0.2, 0.25) is 0 Å². The van der Waals surface area contributed by atoms with Crippen LogP contribution in [0.2, 0.25) is 5.02 Å². The average Bonchev–Trinajstić information content (AvgIpc) is 3.26. The van der Waals surface area contributed by atoms with E-state index >= 15 is 0 Å². The Kier molecular flexibility index (Phi) is 6.54. The van der Waals surface area contributed by atoms with Crippen LogP contribution in [0.1, 0.15) is 10.5 Å². The number of hydrogen-bond donors (Lipinski definition) is 1. The minimum atomic E-state index is -3.82. The van der Waals surface area contributed by atoms with E-state index in [9.17, 15) is 13.2 Å². The van der Waals surface area contributed by atoms with Crippen LogP contribution in [0.4, 0.5) is 10.8 Å². The van der Waals surface area contributed by atoms with Gasteiger partial charge in [-0.05, 0) is 42.5 Å². The molecule has 1 N–H and O–H groups in total. The van der Waals surface area contributed by atoms with Crippen LogP contribution in [0.15, 0.2) is 58.8 Å². The molecule has 0 aliphatic carbocycles. The normalized spacial score (nSPS) is 14.3. The monoisotopic (exact) mass is 492 g/mol. The van der Waals surface area contributed by atoms with E-state index in [4.69, 9.17) is 16.3 Å². The highest BCUT2D eigenvalue weighted by Crippen LogP contribution is 2.24. The maximum atomic E-state index is 12.9. The highest BCUT2D eigenvalue weighted by molar-refractivity contribution is 7.93. The molecule has 2 heterocycles. The van der Waals surface area contributed by atoms with Gasteiger partial charge in [-0.1, -0.05) is 17.7 Å². The van der Waals surface area contributed by atoms with Gasteiger partial charge < -0.3 is 14.5 Å². The fourth-order valence-corrected chi connectivity index (χ4v) is 5.47. The van der Waals surface area contributed by atoms with Crippen LogP contribution in [-0.2, 0) is 10.0 Å². The molecule has 0 atom stereocenters. The fraction of sp³-hybridized carbons (Fsp3) is 0.238. The van der Waals surface area contributed by atoms with Crippen molar-refractivity contribution in [3.05, 3.63) is 64.6 Å². The number of nitrogens with zero attached hydrogens (tertiary/aromatic N) is 3. The summed E-state index contributed by atoms with van der Waals surface area (Å²) in [6.45, 7) is 2.42. The molecule has 0 unspecified atom stereocenters. The van der Waals surface area contributed by atoms with Crippen molar-refractivity contribution >= 4 is 49.7 Å². The molecule has 1 fully saturated rings. The largest absolute Gasteiger partial charge is 0.497 e. The van der Waals surface area contributed by atoms with Gasteiger partial charge in [0.25, 0.3) is 15.9 Å². The van der Waals surface area contributed by atoms with Gasteiger partial charge in [-0.25, -0.2) is 13.4 Å².